The summed E-state index contributed by atoms with van der Waals surface area (Å²) in [6.45, 7) is 9.16. The van der Waals surface area contributed by atoms with Crippen molar-refractivity contribution in [1.82, 2.24) is 15.4 Å². The van der Waals surface area contributed by atoms with Gasteiger partial charge in [0.25, 0.3) is 0 Å². The van der Waals surface area contributed by atoms with Crippen LogP contribution in [-0.2, 0) is 12.8 Å². The van der Waals surface area contributed by atoms with Crippen LogP contribution >= 0.6 is 0 Å². The van der Waals surface area contributed by atoms with Gasteiger partial charge in [-0.15, -0.1) is 0 Å². The predicted octanol–water partition coefficient (Wildman–Crippen LogP) is 2.91. The van der Waals surface area contributed by atoms with Crippen molar-refractivity contribution in [3.63, 3.8) is 0 Å². The van der Waals surface area contributed by atoms with Crippen LogP contribution in [0.4, 0.5) is 0 Å². The minimum Gasteiger partial charge on any atom is -0.494 e. The van der Waals surface area contributed by atoms with Crippen LogP contribution < -0.4 is 4.74 Å². The van der Waals surface area contributed by atoms with Crippen molar-refractivity contribution in [3.05, 3.63) is 40.2 Å². The lowest BCUT2D eigenvalue weighted by Crippen LogP contribution is -2.03. The zero-order valence-electron chi connectivity index (χ0n) is 12.1. The number of hydrogen-bond acceptors (Lipinski definition) is 3. The summed E-state index contributed by atoms with van der Waals surface area (Å²) in [6, 6.07) is 2.14. The second-order valence-electron chi connectivity index (χ2n) is 4.81. The number of rotatable bonds is 5. The highest BCUT2D eigenvalue weighted by Crippen LogP contribution is 2.28. The third-order valence-corrected chi connectivity index (χ3v) is 3.60. The number of aromatic amines is 1. The quantitative estimate of drug-likeness (QED) is 0.898. The summed E-state index contributed by atoms with van der Waals surface area (Å²) in [5, 5.41) is 10.6. The fourth-order valence-electron chi connectivity index (χ4n) is 2.39. The average molecular weight is 259 g/mol. The van der Waals surface area contributed by atoms with E-state index in [0.717, 1.165) is 24.3 Å². The van der Waals surface area contributed by atoms with E-state index in [4.69, 9.17) is 4.74 Å². The van der Waals surface area contributed by atoms with Crippen molar-refractivity contribution in [2.75, 3.05) is 6.61 Å². The Balaban J connectivity index is 2.23. The van der Waals surface area contributed by atoms with Crippen LogP contribution in [0.5, 0.6) is 5.75 Å². The van der Waals surface area contributed by atoms with Gasteiger partial charge in [0.2, 0.25) is 0 Å². The molecule has 0 fully saturated rings. The number of benzene rings is 1. The molecule has 0 saturated heterocycles. The van der Waals surface area contributed by atoms with Gasteiger partial charge in [-0.3, -0.25) is 0 Å². The van der Waals surface area contributed by atoms with Gasteiger partial charge in [0.1, 0.15) is 5.75 Å². The van der Waals surface area contributed by atoms with Crippen LogP contribution in [0.25, 0.3) is 0 Å². The van der Waals surface area contributed by atoms with Crippen LogP contribution in [0.15, 0.2) is 12.3 Å². The first-order valence-corrected chi connectivity index (χ1v) is 6.70. The van der Waals surface area contributed by atoms with Gasteiger partial charge >= 0.3 is 0 Å². The molecule has 0 aliphatic rings. The number of H-pyrrole nitrogens is 1. The van der Waals surface area contributed by atoms with E-state index in [1.54, 1.807) is 6.20 Å². The highest BCUT2D eigenvalue weighted by Gasteiger charge is 2.11. The Bertz CT molecular complexity index is 547. The molecule has 2 aromatic rings. The number of nitrogens with zero attached hydrogens (tertiary/aromatic N) is 2. The van der Waals surface area contributed by atoms with Crippen LogP contribution in [-0.4, -0.2) is 22.0 Å². The molecule has 4 heteroatoms. The van der Waals surface area contributed by atoms with Gasteiger partial charge in [-0.1, -0.05) is 0 Å². The predicted molar refractivity (Wildman–Crippen MR) is 75.6 cm³/mol. The second kappa shape index (κ2) is 5.87. The molecule has 0 aliphatic heterocycles. The summed E-state index contributed by atoms with van der Waals surface area (Å²) in [5.74, 6) is 1.00. The molecule has 4 nitrogen and oxygen atoms in total. The minimum absolute atomic E-state index is 0.706. The number of aryl methyl sites for hydroxylation is 2. The summed E-state index contributed by atoms with van der Waals surface area (Å²) in [7, 11) is 0. The molecule has 0 atom stereocenters. The topological polar surface area (TPSA) is 50.8 Å². The van der Waals surface area contributed by atoms with Gasteiger partial charge in [0.15, 0.2) is 0 Å². The Morgan fingerprint density at radius 1 is 1.16 bits per heavy atom. The fourth-order valence-corrected chi connectivity index (χ4v) is 2.39. The van der Waals surface area contributed by atoms with Gasteiger partial charge < -0.3 is 4.74 Å². The summed E-state index contributed by atoms with van der Waals surface area (Å²) < 4.78 is 5.68. The standard InChI is InChI=1S/C15H21N3O/c1-5-19-15-8-10(2)14(11(3)12(15)4)7-6-13-9-16-18-17-13/h8-9H,5-7H2,1-4H3,(H,16,17,18). The first-order chi connectivity index (χ1) is 9.13. The molecule has 2 rings (SSSR count). The van der Waals surface area contributed by atoms with Crippen molar-refractivity contribution < 1.29 is 4.74 Å². The van der Waals surface area contributed by atoms with Gasteiger partial charge in [-0.25, -0.2) is 0 Å². The van der Waals surface area contributed by atoms with Crippen LogP contribution in [0.1, 0.15) is 34.9 Å². The van der Waals surface area contributed by atoms with Crippen LogP contribution in [0.3, 0.4) is 0 Å². The maximum atomic E-state index is 5.68. The van der Waals surface area contributed by atoms with Gasteiger partial charge in [0.05, 0.1) is 18.5 Å². The number of hydrogen-bond donors (Lipinski definition) is 1. The first kappa shape index (κ1) is 13.6. The Morgan fingerprint density at radius 2 is 1.95 bits per heavy atom. The molecular formula is C15H21N3O. The van der Waals surface area contributed by atoms with E-state index in [1.165, 1.54) is 22.3 Å². The second-order valence-corrected chi connectivity index (χ2v) is 4.81. The number of nitrogens with one attached hydrogen (secondary N) is 1. The van der Waals surface area contributed by atoms with Crippen molar-refractivity contribution in [3.8, 4) is 5.75 Å². The Kier molecular flexibility index (Phi) is 4.20. The Hall–Kier alpha value is -1.84. The average Bonchev–Trinajstić information content (AvgIpc) is 2.89. The van der Waals surface area contributed by atoms with Crippen LogP contribution in [0, 0.1) is 20.8 Å². The largest absolute Gasteiger partial charge is 0.494 e. The Morgan fingerprint density at radius 3 is 2.58 bits per heavy atom. The van der Waals surface area contributed by atoms with Crippen molar-refractivity contribution in [2.24, 2.45) is 0 Å². The zero-order chi connectivity index (χ0) is 13.8. The molecule has 1 aromatic carbocycles. The molecule has 1 aromatic heterocycles. The third kappa shape index (κ3) is 2.95. The third-order valence-electron chi connectivity index (χ3n) is 3.60. The van der Waals surface area contributed by atoms with E-state index < -0.39 is 0 Å². The van der Waals surface area contributed by atoms with Gasteiger partial charge in [-0.2, -0.15) is 15.4 Å². The maximum absolute atomic E-state index is 5.68. The molecule has 1 heterocycles. The minimum atomic E-state index is 0.706. The smallest absolute Gasteiger partial charge is 0.122 e. The summed E-state index contributed by atoms with van der Waals surface area (Å²) >= 11 is 0. The molecule has 19 heavy (non-hydrogen) atoms. The van der Waals surface area contributed by atoms with E-state index >= 15 is 0 Å². The van der Waals surface area contributed by atoms with Gasteiger partial charge in [-0.05, 0) is 68.9 Å². The van der Waals surface area contributed by atoms with E-state index in [2.05, 4.69) is 42.2 Å². The maximum Gasteiger partial charge on any atom is 0.122 e. The first-order valence-electron chi connectivity index (χ1n) is 6.70. The molecule has 1 N–H and O–H groups in total. The molecule has 0 spiro atoms. The van der Waals surface area contributed by atoms with E-state index in [0.29, 0.717) is 6.61 Å². The van der Waals surface area contributed by atoms with Crippen molar-refractivity contribution in [2.45, 2.75) is 40.5 Å². The molecule has 0 radical (unpaired) electrons. The highest BCUT2D eigenvalue weighted by molar-refractivity contribution is 5.48. The van der Waals surface area contributed by atoms with Crippen molar-refractivity contribution >= 4 is 0 Å². The Labute approximate surface area is 114 Å². The zero-order valence-corrected chi connectivity index (χ0v) is 12.1. The van der Waals surface area contributed by atoms with E-state index in [-0.39, 0.29) is 0 Å². The molecular weight excluding hydrogens is 238 g/mol. The summed E-state index contributed by atoms with van der Waals surface area (Å²) in [5.41, 5.74) is 6.25. The number of aromatic nitrogens is 3. The van der Waals surface area contributed by atoms with Gasteiger partial charge in [0, 0.05) is 0 Å². The summed E-state index contributed by atoms with van der Waals surface area (Å²) in [4.78, 5) is 0. The lowest BCUT2D eigenvalue weighted by atomic mass is 9.94. The lowest BCUT2D eigenvalue weighted by molar-refractivity contribution is 0.337. The summed E-state index contributed by atoms with van der Waals surface area (Å²) in [6.07, 6.45) is 3.68. The molecule has 0 saturated carbocycles. The van der Waals surface area contributed by atoms with E-state index in [1.807, 2.05) is 6.92 Å². The normalized spacial score (nSPS) is 10.7. The monoisotopic (exact) mass is 259 g/mol. The lowest BCUT2D eigenvalue weighted by Gasteiger charge is -2.16. The SMILES string of the molecule is CCOc1cc(C)c(CCc2cn[nH]n2)c(C)c1C. The van der Waals surface area contributed by atoms with Crippen molar-refractivity contribution in [1.29, 1.82) is 0 Å². The highest BCUT2D eigenvalue weighted by atomic mass is 16.5. The molecule has 0 unspecified atom stereocenters. The molecule has 0 bridgehead atoms. The molecule has 0 amide bonds. The molecule has 0 aliphatic carbocycles. The molecule has 102 valence electrons. The fraction of sp³-hybridized carbons (Fsp3) is 0.467. The number of ether oxygens (including phenoxy) is 1. The van der Waals surface area contributed by atoms with Crippen LogP contribution in [0.2, 0.25) is 0 Å². The van der Waals surface area contributed by atoms with E-state index in [9.17, 15) is 0 Å².